The summed E-state index contributed by atoms with van der Waals surface area (Å²) in [5.74, 6) is -1.38. The molecule has 2 amide bonds. The maximum absolute atomic E-state index is 13.5. The fourth-order valence-electron chi connectivity index (χ4n) is 1.99. The summed E-state index contributed by atoms with van der Waals surface area (Å²) in [6, 6.07) is 9.12. The van der Waals surface area contributed by atoms with Crippen molar-refractivity contribution in [1.29, 1.82) is 0 Å². The molecular weight excluding hydrogens is 368 g/mol. The van der Waals surface area contributed by atoms with E-state index in [4.69, 9.17) is 23.2 Å². The number of halogens is 3. The molecule has 2 aromatic rings. The molecule has 0 atom stereocenters. The van der Waals surface area contributed by atoms with Crippen molar-refractivity contribution in [1.82, 2.24) is 5.32 Å². The number of nitrogens with one attached hydrogen (secondary N) is 3. The van der Waals surface area contributed by atoms with E-state index in [0.29, 0.717) is 15.7 Å². The van der Waals surface area contributed by atoms with Gasteiger partial charge in [0.25, 0.3) is 0 Å². The molecule has 2 aromatic carbocycles. The molecule has 0 aliphatic rings. The van der Waals surface area contributed by atoms with Gasteiger partial charge in [0.2, 0.25) is 11.8 Å². The van der Waals surface area contributed by atoms with Crippen LogP contribution in [0.5, 0.6) is 0 Å². The number of hydrogen-bond donors (Lipinski definition) is 3. The first-order valence-corrected chi connectivity index (χ1v) is 8.13. The molecular formula is C17H16Cl2FN3O2. The molecule has 0 heterocycles. The lowest BCUT2D eigenvalue weighted by Gasteiger charge is -2.11. The first kappa shape index (κ1) is 19.0. The fourth-order valence-corrected chi connectivity index (χ4v) is 2.33. The zero-order chi connectivity index (χ0) is 18.4. The Balaban J connectivity index is 1.80. The molecule has 0 fully saturated rings. The zero-order valence-corrected chi connectivity index (χ0v) is 14.8. The maximum atomic E-state index is 13.5. The highest BCUT2D eigenvalue weighted by Gasteiger charge is 2.09. The lowest BCUT2D eigenvalue weighted by Crippen LogP contribution is -2.36. The third-order valence-corrected chi connectivity index (χ3v) is 4.00. The van der Waals surface area contributed by atoms with Crippen molar-refractivity contribution < 1.29 is 14.0 Å². The summed E-state index contributed by atoms with van der Waals surface area (Å²) < 4.78 is 13.5. The van der Waals surface area contributed by atoms with E-state index in [1.165, 1.54) is 18.2 Å². The van der Waals surface area contributed by atoms with E-state index < -0.39 is 17.6 Å². The van der Waals surface area contributed by atoms with Crippen LogP contribution < -0.4 is 16.0 Å². The predicted octanol–water partition coefficient (Wildman–Crippen LogP) is 3.61. The number of hydrogen-bond acceptors (Lipinski definition) is 3. The van der Waals surface area contributed by atoms with Gasteiger partial charge < -0.3 is 16.0 Å². The molecule has 132 valence electrons. The van der Waals surface area contributed by atoms with E-state index in [1.807, 2.05) is 0 Å². The van der Waals surface area contributed by atoms with Crippen LogP contribution in [0.3, 0.4) is 0 Å². The standard InChI is InChI=1S/C17H16Cl2FN3O2/c1-10-12(19)3-2-4-14(10)23-17(25)9-22-16(24)8-21-15-7-11(18)5-6-13(15)20/h2-7,21H,8-9H2,1H3,(H,22,24)(H,23,25). The third-order valence-electron chi connectivity index (χ3n) is 3.36. The molecule has 2 rings (SSSR count). The third kappa shape index (κ3) is 5.62. The van der Waals surface area contributed by atoms with E-state index in [-0.39, 0.29) is 18.8 Å². The lowest BCUT2D eigenvalue weighted by molar-refractivity contribution is -0.122. The van der Waals surface area contributed by atoms with Gasteiger partial charge >= 0.3 is 0 Å². The molecule has 0 aliphatic carbocycles. The SMILES string of the molecule is Cc1c(Cl)cccc1NC(=O)CNC(=O)CNc1cc(Cl)ccc1F. The normalized spacial score (nSPS) is 10.2. The molecule has 0 spiro atoms. The van der Waals surface area contributed by atoms with Gasteiger partial charge in [0.05, 0.1) is 18.8 Å². The van der Waals surface area contributed by atoms with E-state index in [0.717, 1.165) is 5.56 Å². The van der Waals surface area contributed by atoms with Crippen LogP contribution in [0.2, 0.25) is 10.0 Å². The minimum Gasteiger partial charge on any atom is -0.374 e. The summed E-state index contributed by atoms with van der Waals surface area (Å²) in [6.07, 6.45) is 0. The van der Waals surface area contributed by atoms with Crippen molar-refractivity contribution in [3.63, 3.8) is 0 Å². The van der Waals surface area contributed by atoms with Crippen molar-refractivity contribution in [2.75, 3.05) is 23.7 Å². The van der Waals surface area contributed by atoms with Crippen molar-refractivity contribution in [3.05, 3.63) is 57.8 Å². The van der Waals surface area contributed by atoms with E-state index in [9.17, 15) is 14.0 Å². The molecule has 0 unspecified atom stereocenters. The molecule has 0 aromatic heterocycles. The minimum atomic E-state index is -0.522. The van der Waals surface area contributed by atoms with Crippen LogP contribution in [0.1, 0.15) is 5.56 Å². The quantitative estimate of drug-likeness (QED) is 0.713. The number of benzene rings is 2. The smallest absolute Gasteiger partial charge is 0.243 e. The Kier molecular flexibility index (Phi) is 6.61. The topological polar surface area (TPSA) is 70.2 Å². The summed E-state index contributed by atoms with van der Waals surface area (Å²) in [4.78, 5) is 23.6. The summed E-state index contributed by atoms with van der Waals surface area (Å²) in [7, 11) is 0. The summed E-state index contributed by atoms with van der Waals surface area (Å²) in [5.41, 5.74) is 1.43. The number of carbonyl (C=O) groups excluding carboxylic acids is 2. The molecule has 25 heavy (non-hydrogen) atoms. The Bertz CT molecular complexity index is 799. The molecule has 8 heteroatoms. The highest BCUT2D eigenvalue weighted by molar-refractivity contribution is 6.31. The second kappa shape index (κ2) is 8.69. The van der Waals surface area contributed by atoms with Gasteiger partial charge in [0.15, 0.2) is 0 Å². The first-order valence-electron chi connectivity index (χ1n) is 7.37. The Morgan fingerprint density at radius 2 is 1.80 bits per heavy atom. The minimum absolute atomic E-state index is 0.113. The van der Waals surface area contributed by atoms with Crippen LogP contribution in [-0.2, 0) is 9.59 Å². The Labute approximate surface area is 154 Å². The van der Waals surface area contributed by atoms with Gasteiger partial charge in [-0.05, 0) is 42.8 Å². The maximum Gasteiger partial charge on any atom is 0.243 e. The second-order valence-electron chi connectivity index (χ2n) is 5.22. The summed E-state index contributed by atoms with van der Waals surface area (Å²) in [6.45, 7) is 1.37. The van der Waals surface area contributed by atoms with Gasteiger partial charge in [-0.15, -0.1) is 0 Å². The molecule has 0 saturated carbocycles. The predicted molar refractivity (Wildman–Crippen MR) is 97.7 cm³/mol. The molecule has 0 saturated heterocycles. The van der Waals surface area contributed by atoms with Crippen molar-refractivity contribution in [2.24, 2.45) is 0 Å². The average molecular weight is 384 g/mol. The van der Waals surface area contributed by atoms with E-state index in [1.54, 1.807) is 25.1 Å². The first-order chi connectivity index (χ1) is 11.9. The fraction of sp³-hybridized carbons (Fsp3) is 0.176. The van der Waals surface area contributed by atoms with Gasteiger partial charge in [-0.3, -0.25) is 9.59 Å². The van der Waals surface area contributed by atoms with Crippen LogP contribution in [0.25, 0.3) is 0 Å². The summed E-state index contributed by atoms with van der Waals surface area (Å²) in [5, 5.41) is 8.61. The molecule has 0 bridgehead atoms. The number of carbonyl (C=O) groups is 2. The Morgan fingerprint density at radius 1 is 1.04 bits per heavy atom. The number of anilines is 2. The van der Waals surface area contributed by atoms with Gasteiger partial charge in [0, 0.05) is 15.7 Å². The highest BCUT2D eigenvalue weighted by Crippen LogP contribution is 2.22. The van der Waals surface area contributed by atoms with Crippen molar-refractivity contribution >= 4 is 46.4 Å². The van der Waals surface area contributed by atoms with Gasteiger partial charge in [-0.2, -0.15) is 0 Å². The molecule has 0 radical (unpaired) electrons. The largest absolute Gasteiger partial charge is 0.374 e. The van der Waals surface area contributed by atoms with Crippen LogP contribution in [0.15, 0.2) is 36.4 Å². The van der Waals surface area contributed by atoms with Crippen LogP contribution in [0, 0.1) is 12.7 Å². The molecule has 0 aliphatic heterocycles. The second-order valence-corrected chi connectivity index (χ2v) is 6.06. The highest BCUT2D eigenvalue weighted by atomic mass is 35.5. The van der Waals surface area contributed by atoms with Gasteiger partial charge in [-0.25, -0.2) is 4.39 Å². The Morgan fingerprint density at radius 3 is 2.56 bits per heavy atom. The summed E-state index contributed by atoms with van der Waals surface area (Å²) >= 11 is 11.7. The van der Waals surface area contributed by atoms with E-state index >= 15 is 0 Å². The van der Waals surface area contributed by atoms with Gasteiger partial charge in [0.1, 0.15) is 5.82 Å². The van der Waals surface area contributed by atoms with Crippen LogP contribution in [0.4, 0.5) is 15.8 Å². The zero-order valence-electron chi connectivity index (χ0n) is 13.3. The van der Waals surface area contributed by atoms with Crippen LogP contribution in [-0.4, -0.2) is 24.9 Å². The van der Waals surface area contributed by atoms with Crippen molar-refractivity contribution in [3.8, 4) is 0 Å². The Hall–Kier alpha value is -2.31. The lowest BCUT2D eigenvalue weighted by atomic mass is 10.2. The van der Waals surface area contributed by atoms with Crippen molar-refractivity contribution in [2.45, 2.75) is 6.92 Å². The van der Waals surface area contributed by atoms with Crippen LogP contribution >= 0.6 is 23.2 Å². The molecule has 5 nitrogen and oxygen atoms in total. The van der Waals surface area contributed by atoms with Gasteiger partial charge in [-0.1, -0.05) is 29.3 Å². The number of amides is 2. The molecule has 3 N–H and O–H groups in total. The average Bonchev–Trinajstić information content (AvgIpc) is 2.58. The van der Waals surface area contributed by atoms with E-state index in [2.05, 4.69) is 16.0 Å². The monoisotopic (exact) mass is 383 g/mol. The number of rotatable bonds is 6.